The van der Waals surface area contributed by atoms with Gasteiger partial charge in [-0.2, -0.15) is 5.10 Å². The van der Waals surface area contributed by atoms with E-state index in [1.807, 2.05) is 11.5 Å². The van der Waals surface area contributed by atoms with E-state index in [1.165, 1.54) is 12.3 Å². The molecule has 2 aromatic heterocycles. The maximum Gasteiger partial charge on any atom is 0.255 e. The molecule has 0 aliphatic rings. The molecule has 0 bridgehead atoms. The van der Waals surface area contributed by atoms with Crippen molar-refractivity contribution in [1.82, 2.24) is 25.1 Å². The molecule has 6 nitrogen and oxygen atoms in total. The van der Waals surface area contributed by atoms with Crippen molar-refractivity contribution in [1.29, 1.82) is 0 Å². The lowest BCUT2D eigenvalue weighted by Gasteiger charge is -2.08. The zero-order valence-electron chi connectivity index (χ0n) is 12.6. The molecule has 1 amide bonds. The maximum atomic E-state index is 13.9. The van der Waals surface area contributed by atoms with Crippen LogP contribution in [0.5, 0.6) is 0 Å². The standard InChI is InChI=1S/C16H16FN5O/c1-2-22-10-18-7-11(22)8-19-16(23)13-9-20-21-15(13)12-5-3-4-6-14(12)17/h3-7,9-10H,2,8H2,1H3,(H,19,23)(H,20,21). The summed E-state index contributed by atoms with van der Waals surface area (Å²) in [5.41, 5.74) is 1.88. The Labute approximate surface area is 132 Å². The fourth-order valence-corrected chi connectivity index (χ4v) is 2.37. The van der Waals surface area contributed by atoms with E-state index >= 15 is 0 Å². The first-order chi connectivity index (χ1) is 11.2. The van der Waals surface area contributed by atoms with E-state index in [-0.39, 0.29) is 5.91 Å². The Morgan fingerprint density at radius 1 is 1.35 bits per heavy atom. The molecule has 7 heteroatoms. The van der Waals surface area contributed by atoms with E-state index in [9.17, 15) is 9.18 Å². The summed E-state index contributed by atoms with van der Waals surface area (Å²) in [6.45, 7) is 3.12. The van der Waals surface area contributed by atoms with Gasteiger partial charge in [0.15, 0.2) is 0 Å². The smallest absolute Gasteiger partial charge is 0.255 e. The van der Waals surface area contributed by atoms with Gasteiger partial charge >= 0.3 is 0 Å². The second-order valence-electron chi connectivity index (χ2n) is 4.99. The summed E-state index contributed by atoms with van der Waals surface area (Å²) in [7, 11) is 0. The van der Waals surface area contributed by atoms with Gasteiger partial charge in [-0.3, -0.25) is 9.89 Å². The molecule has 0 radical (unpaired) electrons. The number of hydrogen-bond donors (Lipinski definition) is 2. The molecule has 2 heterocycles. The van der Waals surface area contributed by atoms with Crippen LogP contribution in [0.15, 0.2) is 43.0 Å². The number of benzene rings is 1. The van der Waals surface area contributed by atoms with Crippen LogP contribution in [0, 0.1) is 5.82 Å². The molecule has 0 aliphatic carbocycles. The Morgan fingerprint density at radius 3 is 2.96 bits per heavy atom. The minimum atomic E-state index is -0.408. The van der Waals surface area contributed by atoms with Crippen LogP contribution < -0.4 is 5.32 Å². The van der Waals surface area contributed by atoms with Crippen molar-refractivity contribution >= 4 is 5.91 Å². The van der Waals surface area contributed by atoms with Crippen LogP contribution >= 0.6 is 0 Å². The van der Waals surface area contributed by atoms with Gasteiger partial charge in [-0.05, 0) is 19.1 Å². The van der Waals surface area contributed by atoms with Crippen molar-refractivity contribution in [3.05, 3.63) is 60.1 Å². The van der Waals surface area contributed by atoms with Gasteiger partial charge in [-0.1, -0.05) is 12.1 Å². The van der Waals surface area contributed by atoms with E-state index in [2.05, 4.69) is 20.5 Å². The first kappa shape index (κ1) is 15.0. The molecular formula is C16H16FN5O. The van der Waals surface area contributed by atoms with Gasteiger partial charge < -0.3 is 9.88 Å². The maximum absolute atomic E-state index is 13.9. The van der Waals surface area contributed by atoms with Crippen LogP contribution in [-0.4, -0.2) is 25.7 Å². The van der Waals surface area contributed by atoms with Gasteiger partial charge in [0.2, 0.25) is 0 Å². The molecule has 118 valence electrons. The molecule has 0 fully saturated rings. The number of rotatable bonds is 5. The Kier molecular flexibility index (Phi) is 4.18. The summed E-state index contributed by atoms with van der Waals surface area (Å²) in [5.74, 6) is -0.726. The van der Waals surface area contributed by atoms with Crippen molar-refractivity contribution in [2.45, 2.75) is 20.0 Å². The van der Waals surface area contributed by atoms with Gasteiger partial charge in [-0.15, -0.1) is 0 Å². The third-order valence-electron chi connectivity index (χ3n) is 3.60. The highest BCUT2D eigenvalue weighted by molar-refractivity contribution is 5.99. The number of aromatic amines is 1. The second kappa shape index (κ2) is 6.43. The SMILES string of the molecule is CCn1cncc1CNC(=O)c1cn[nH]c1-c1ccccc1F. The van der Waals surface area contributed by atoms with Gasteiger partial charge in [-0.25, -0.2) is 9.37 Å². The van der Waals surface area contributed by atoms with E-state index in [0.717, 1.165) is 12.2 Å². The average molecular weight is 313 g/mol. The largest absolute Gasteiger partial charge is 0.346 e. The molecule has 0 aliphatic heterocycles. The number of imidazole rings is 1. The van der Waals surface area contributed by atoms with Crippen LogP contribution in [-0.2, 0) is 13.1 Å². The molecule has 0 saturated carbocycles. The van der Waals surface area contributed by atoms with E-state index < -0.39 is 5.82 Å². The summed E-state index contributed by atoms with van der Waals surface area (Å²) in [6, 6.07) is 6.25. The van der Waals surface area contributed by atoms with Crippen molar-refractivity contribution in [3.8, 4) is 11.3 Å². The fraction of sp³-hybridized carbons (Fsp3) is 0.188. The zero-order valence-corrected chi connectivity index (χ0v) is 12.6. The first-order valence-electron chi connectivity index (χ1n) is 7.26. The number of nitrogens with zero attached hydrogens (tertiary/aromatic N) is 3. The summed E-state index contributed by atoms with van der Waals surface area (Å²) < 4.78 is 15.9. The molecule has 1 aromatic carbocycles. The third kappa shape index (κ3) is 2.98. The number of carbonyl (C=O) groups excluding carboxylic acids is 1. The number of hydrogen-bond acceptors (Lipinski definition) is 3. The van der Waals surface area contributed by atoms with Crippen molar-refractivity contribution < 1.29 is 9.18 Å². The highest BCUT2D eigenvalue weighted by Crippen LogP contribution is 2.23. The van der Waals surface area contributed by atoms with Gasteiger partial charge in [0.25, 0.3) is 5.91 Å². The normalized spacial score (nSPS) is 10.7. The van der Waals surface area contributed by atoms with E-state index in [1.54, 1.807) is 30.7 Å². The van der Waals surface area contributed by atoms with Gasteiger partial charge in [0, 0.05) is 18.3 Å². The monoisotopic (exact) mass is 313 g/mol. The van der Waals surface area contributed by atoms with Crippen LogP contribution in [0.1, 0.15) is 23.0 Å². The molecule has 23 heavy (non-hydrogen) atoms. The summed E-state index contributed by atoms with van der Waals surface area (Å²) >= 11 is 0. The fourth-order valence-electron chi connectivity index (χ4n) is 2.37. The van der Waals surface area contributed by atoms with Crippen molar-refractivity contribution in [2.75, 3.05) is 0 Å². The Bertz CT molecular complexity index is 823. The lowest BCUT2D eigenvalue weighted by Crippen LogP contribution is -2.24. The Balaban J connectivity index is 1.79. The second-order valence-corrected chi connectivity index (χ2v) is 4.99. The summed E-state index contributed by atoms with van der Waals surface area (Å²) in [4.78, 5) is 16.4. The first-order valence-corrected chi connectivity index (χ1v) is 7.26. The molecule has 3 aromatic rings. The van der Waals surface area contributed by atoms with Gasteiger partial charge in [0.1, 0.15) is 5.82 Å². The highest BCUT2D eigenvalue weighted by atomic mass is 19.1. The Morgan fingerprint density at radius 2 is 2.17 bits per heavy atom. The predicted octanol–water partition coefficient (Wildman–Crippen LogP) is 2.36. The summed E-state index contributed by atoms with van der Waals surface area (Å²) in [5, 5.41) is 9.37. The van der Waals surface area contributed by atoms with Crippen LogP contribution in [0.25, 0.3) is 11.3 Å². The summed E-state index contributed by atoms with van der Waals surface area (Å²) in [6.07, 6.45) is 4.81. The minimum Gasteiger partial charge on any atom is -0.346 e. The van der Waals surface area contributed by atoms with Crippen LogP contribution in [0.4, 0.5) is 4.39 Å². The van der Waals surface area contributed by atoms with Crippen LogP contribution in [0.3, 0.4) is 0 Å². The molecule has 0 atom stereocenters. The minimum absolute atomic E-state index is 0.303. The molecular weight excluding hydrogens is 297 g/mol. The number of aromatic nitrogens is 4. The molecule has 3 rings (SSSR count). The molecule has 2 N–H and O–H groups in total. The van der Waals surface area contributed by atoms with Crippen LogP contribution in [0.2, 0.25) is 0 Å². The lowest BCUT2D eigenvalue weighted by molar-refractivity contribution is 0.0950. The molecule has 0 unspecified atom stereocenters. The third-order valence-corrected chi connectivity index (χ3v) is 3.60. The number of aryl methyl sites for hydroxylation is 1. The quantitative estimate of drug-likeness (QED) is 0.759. The predicted molar refractivity (Wildman–Crippen MR) is 83.1 cm³/mol. The number of halogens is 1. The van der Waals surface area contributed by atoms with E-state index in [4.69, 9.17) is 0 Å². The average Bonchev–Trinajstić information content (AvgIpc) is 3.21. The number of H-pyrrole nitrogens is 1. The van der Waals surface area contributed by atoms with E-state index in [0.29, 0.717) is 23.4 Å². The zero-order chi connectivity index (χ0) is 16.2. The number of carbonyl (C=O) groups is 1. The molecule has 0 saturated heterocycles. The Hall–Kier alpha value is -2.96. The topological polar surface area (TPSA) is 75.6 Å². The highest BCUT2D eigenvalue weighted by Gasteiger charge is 2.17. The van der Waals surface area contributed by atoms with Crippen molar-refractivity contribution in [2.24, 2.45) is 0 Å². The van der Waals surface area contributed by atoms with Gasteiger partial charge in [0.05, 0.1) is 36.0 Å². The lowest BCUT2D eigenvalue weighted by atomic mass is 10.1. The molecule has 0 spiro atoms. The number of amides is 1. The van der Waals surface area contributed by atoms with Crippen molar-refractivity contribution in [3.63, 3.8) is 0 Å². The number of nitrogens with one attached hydrogen (secondary N) is 2.